The monoisotopic (exact) mass is 236 g/mol. The van der Waals surface area contributed by atoms with Gasteiger partial charge in [-0.2, -0.15) is 0 Å². The zero-order chi connectivity index (χ0) is 12.4. The van der Waals surface area contributed by atoms with E-state index in [4.69, 9.17) is 4.74 Å². The number of nitro benzene ring substituents is 1. The third-order valence-electron chi connectivity index (χ3n) is 2.64. The van der Waals surface area contributed by atoms with Crippen molar-refractivity contribution in [1.29, 1.82) is 0 Å². The quantitative estimate of drug-likeness (QED) is 0.627. The van der Waals surface area contributed by atoms with Gasteiger partial charge in [0, 0.05) is 17.2 Å². The topological polar surface area (TPSA) is 81.5 Å². The highest BCUT2D eigenvalue weighted by Crippen LogP contribution is 2.19. The Morgan fingerprint density at radius 3 is 2.76 bits per heavy atom. The molecular formula is C11H12N2O4. The number of hydrogen-bond acceptors (Lipinski definition) is 4. The molecule has 1 fully saturated rings. The molecule has 1 heterocycles. The summed E-state index contributed by atoms with van der Waals surface area (Å²) in [5.41, 5.74) is 0.801. The first kappa shape index (κ1) is 11.5. The maximum atomic E-state index is 11.7. The maximum Gasteiger partial charge on any atom is 0.273 e. The molecule has 0 aromatic heterocycles. The van der Waals surface area contributed by atoms with Crippen molar-refractivity contribution >= 4 is 11.6 Å². The van der Waals surface area contributed by atoms with Crippen LogP contribution in [0.15, 0.2) is 18.2 Å². The Kier molecular flexibility index (Phi) is 3.06. The van der Waals surface area contributed by atoms with Crippen molar-refractivity contribution in [2.45, 2.75) is 13.0 Å². The Labute approximate surface area is 97.7 Å². The predicted molar refractivity (Wildman–Crippen MR) is 59.9 cm³/mol. The molecule has 0 bridgehead atoms. The van der Waals surface area contributed by atoms with E-state index in [9.17, 15) is 14.9 Å². The van der Waals surface area contributed by atoms with E-state index in [2.05, 4.69) is 5.32 Å². The van der Waals surface area contributed by atoms with E-state index in [-0.39, 0.29) is 17.6 Å². The fraction of sp³-hybridized carbons (Fsp3) is 0.364. The fourth-order valence-electron chi connectivity index (χ4n) is 1.54. The van der Waals surface area contributed by atoms with E-state index in [0.29, 0.717) is 24.3 Å². The number of carbonyl (C=O) groups excluding carboxylic acids is 1. The maximum absolute atomic E-state index is 11.7. The summed E-state index contributed by atoms with van der Waals surface area (Å²) in [4.78, 5) is 22.0. The average Bonchev–Trinajstić information content (AvgIpc) is 2.23. The molecule has 1 aromatic carbocycles. The van der Waals surface area contributed by atoms with Crippen molar-refractivity contribution < 1.29 is 14.5 Å². The second-order valence-corrected chi connectivity index (χ2v) is 3.97. The van der Waals surface area contributed by atoms with Gasteiger partial charge in [-0.05, 0) is 13.0 Å². The minimum atomic E-state index is -0.488. The minimum absolute atomic E-state index is 0.0165. The normalized spacial score (nSPS) is 15.1. The lowest BCUT2D eigenvalue weighted by atomic mass is 10.1. The zero-order valence-corrected chi connectivity index (χ0v) is 9.30. The molecule has 0 atom stereocenters. The molecule has 0 aliphatic carbocycles. The van der Waals surface area contributed by atoms with Crippen LogP contribution in [0.5, 0.6) is 0 Å². The molecule has 1 aromatic rings. The molecule has 6 nitrogen and oxygen atoms in total. The van der Waals surface area contributed by atoms with E-state index in [1.807, 2.05) is 0 Å². The van der Waals surface area contributed by atoms with E-state index in [0.717, 1.165) is 0 Å². The number of aryl methyl sites for hydroxylation is 1. The lowest BCUT2D eigenvalue weighted by Gasteiger charge is -2.26. The third kappa shape index (κ3) is 2.42. The molecule has 1 aliphatic heterocycles. The predicted octanol–water partition coefficient (Wildman–Crippen LogP) is 1.03. The molecular weight excluding hydrogens is 224 g/mol. The van der Waals surface area contributed by atoms with Gasteiger partial charge in [-0.3, -0.25) is 14.9 Å². The van der Waals surface area contributed by atoms with Crippen LogP contribution in [0.1, 0.15) is 15.9 Å². The molecule has 0 saturated carbocycles. The number of amides is 1. The molecule has 0 radical (unpaired) electrons. The number of rotatable bonds is 3. The number of carbonyl (C=O) groups is 1. The molecule has 17 heavy (non-hydrogen) atoms. The number of nitrogens with one attached hydrogen (secondary N) is 1. The van der Waals surface area contributed by atoms with Gasteiger partial charge in [0.1, 0.15) is 0 Å². The van der Waals surface area contributed by atoms with Crippen LogP contribution in [0.25, 0.3) is 0 Å². The van der Waals surface area contributed by atoms with Crippen LogP contribution in [0.3, 0.4) is 0 Å². The highest BCUT2D eigenvalue weighted by atomic mass is 16.6. The molecule has 1 amide bonds. The van der Waals surface area contributed by atoms with Gasteiger partial charge in [0.05, 0.1) is 24.2 Å². The highest BCUT2D eigenvalue weighted by molar-refractivity contribution is 5.95. The first-order valence-corrected chi connectivity index (χ1v) is 5.21. The van der Waals surface area contributed by atoms with Crippen LogP contribution >= 0.6 is 0 Å². The van der Waals surface area contributed by atoms with E-state index < -0.39 is 4.92 Å². The SMILES string of the molecule is Cc1ccc(C(=O)NC2COC2)cc1[N+](=O)[O-]. The number of benzene rings is 1. The van der Waals surface area contributed by atoms with Crippen LogP contribution < -0.4 is 5.32 Å². The van der Waals surface area contributed by atoms with Gasteiger partial charge < -0.3 is 10.1 Å². The summed E-state index contributed by atoms with van der Waals surface area (Å²) in [6, 6.07) is 4.47. The van der Waals surface area contributed by atoms with Crippen molar-refractivity contribution in [3.8, 4) is 0 Å². The number of hydrogen-bond donors (Lipinski definition) is 1. The Morgan fingerprint density at radius 2 is 2.24 bits per heavy atom. The third-order valence-corrected chi connectivity index (χ3v) is 2.64. The Morgan fingerprint density at radius 1 is 1.53 bits per heavy atom. The van der Waals surface area contributed by atoms with Crippen LogP contribution in [0.2, 0.25) is 0 Å². The summed E-state index contributed by atoms with van der Waals surface area (Å²) in [7, 11) is 0. The molecule has 6 heteroatoms. The number of ether oxygens (including phenoxy) is 1. The summed E-state index contributed by atoms with van der Waals surface area (Å²) in [5.74, 6) is -0.304. The first-order valence-electron chi connectivity index (χ1n) is 5.21. The number of nitrogens with zero attached hydrogens (tertiary/aromatic N) is 1. The van der Waals surface area contributed by atoms with Crippen LogP contribution in [-0.4, -0.2) is 30.1 Å². The summed E-state index contributed by atoms with van der Waals surface area (Å²) in [6.45, 7) is 2.64. The van der Waals surface area contributed by atoms with Crippen molar-refractivity contribution in [2.24, 2.45) is 0 Å². The van der Waals surface area contributed by atoms with Crippen LogP contribution in [-0.2, 0) is 4.74 Å². The number of nitro groups is 1. The molecule has 1 saturated heterocycles. The largest absolute Gasteiger partial charge is 0.377 e. The average molecular weight is 236 g/mol. The fourth-order valence-corrected chi connectivity index (χ4v) is 1.54. The summed E-state index contributed by atoms with van der Waals surface area (Å²) < 4.78 is 4.93. The first-order chi connectivity index (χ1) is 8.08. The summed E-state index contributed by atoms with van der Waals surface area (Å²) in [6.07, 6.45) is 0. The molecule has 0 spiro atoms. The van der Waals surface area contributed by atoms with Crippen LogP contribution in [0.4, 0.5) is 5.69 Å². The van der Waals surface area contributed by atoms with Crippen molar-refractivity contribution in [3.05, 3.63) is 39.4 Å². The van der Waals surface area contributed by atoms with E-state index in [1.165, 1.54) is 6.07 Å². The molecule has 1 N–H and O–H groups in total. The standard InChI is InChI=1S/C11H12N2O4/c1-7-2-3-8(4-10(7)13(15)16)11(14)12-9-5-17-6-9/h2-4,9H,5-6H2,1H3,(H,12,14). The lowest BCUT2D eigenvalue weighted by Crippen LogP contribution is -2.48. The molecule has 2 rings (SSSR count). The Balaban J connectivity index is 2.17. The molecule has 0 unspecified atom stereocenters. The summed E-state index contributed by atoms with van der Waals surface area (Å²) >= 11 is 0. The van der Waals surface area contributed by atoms with Gasteiger partial charge in [0.2, 0.25) is 0 Å². The molecule has 1 aliphatic rings. The smallest absolute Gasteiger partial charge is 0.273 e. The summed E-state index contributed by atoms with van der Waals surface area (Å²) in [5, 5.41) is 13.5. The van der Waals surface area contributed by atoms with Gasteiger partial charge >= 0.3 is 0 Å². The Hall–Kier alpha value is -1.95. The van der Waals surface area contributed by atoms with Crippen molar-refractivity contribution in [1.82, 2.24) is 5.32 Å². The van der Waals surface area contributed by atoms with Crippen molar-refractivity contribution in [3.63, 3.8) is 0 Å². The van der Waals surface area contributed by atoms with Gasteiger partial charge in [-0.1, -0.05) is 6.07 Å². The second-order valence-electron chi connectivity index (χ2n) is 3.97. The second kappa shape index (κ2) is 4.50. The Bertz CT molecular complexity index is 469. The minimum Gasteiger partial charge on any atom is -0.377 e. The zero-order valence-electron chi connectivity index (χ0n) is 9.30. The van der Waals surface area contributed by atoms with Gasteiger partial charge in [0.25, 0.3) is 11.6 Å². The van der Waals surface area contributed by atoms with Crippen molar-refractivity contribution in [2.75, 3.05) is 13.2 Å². The van der Waals surface area contributed by atoms with Crippen LogP contribution in [0, 0.1) is 17.0 Å². The van der Waals surface area contributed by atoms with Gasteiger partial charge in [-0.25, -0.2) is 0 Å². The van der Waals surface area contributed by atoms with Gasteiger partial charge in [0.15, 0.2) is 0 Å². The highest BCUT2D eigenvalue weighted by Gasteiger charge is 2.22. The molecule has 90 valence electrons. The lowest BCUT2D eigenvalue weighted by molar-refractivity contribution is -0.385. The van der Waals surface area contributed by atoms with Gasteiger partial charge in [-0.15, -0.1) is 0 Å². The van der Waals surface area contributed by atoms with E-state index in [1.54, 1.807) is 19.1 Å². The van der Waals surface area contributed by atoms with E-state index >= 15 is 0 Å².